The van der Waals surface area contributed by atoms with Gasteiger partial charge in [0, 0.05) is 12.2 Å². The first kappa shape index (κ1) is 19.2. The Morgan fingerprint density at radius 2 is 1.65 bits per heavy atom. The number of benzene rings is 2. The highest BCUT2D eigenvalue weighted by atomic mass is 31.2. The Hall–Kier alpha value is -1.61. The van der Waals surface area contributed by atoms with Crippen LogP contribution in [0.15, 0.2) is 48.5 Å². The van der Waals surface area contributed by atoms with E-state index in [-0.39, 0.29) is 0 Å². The Balaban J connectivity index is 2.09. The van der Waals surface area contributed by atoms with Crippen LogP contribution in [0.25, 0.3) is 0 Å². The lowest BCUT2D eigenvalue weighted by molar-refractivity contribution is 0.210. The Labute approximate surface area is 156 Å². The van der Waals surface area contributed by atoms with Crippen molar-refractivity contribution in [3.8, 4) is 0 Å². The molecule has 0 aromatic heterocycles. The van der Waals surface area contributed by atoms with Crippen molar-refractivity contribution in [1.82, 2.24) is 0 Å². The third-order valence-electron chi connectivity index (χ3n) is 4.84. The van der Waals surface area contributed by atoms with E-state index in [0.717, 1.165) is 30.6 Å². The summed E-state index contributed by atoms with van der Waals surface area (Å²) in [7, 11) is -3.34. The summed E-state index contributed by atoms with van der Waals surface area (Å²) in [5, 5.41) is 0. The first-order valence-electron chi connectivity index (χ1n) is 9.45. The predicted octanol–water partition coefficient (Wildman–Crippen LogP) is 5.58. The molecule has 0 saturated heterocycles. The van der Waals surface area contributed by atoms with Gasteiger partial charge in [0.15, 0.2) is 5.78 Å². The molecule has 0 spiro atoms. The topological polar surface area (TPSA) is 38.8 Å². The number of hydrogen-bond donors (Lipinski definition) is 0. The second-order valence-corrected chi connectivity index (χ2v) is 8.50. The SMILES string of the molecule is CCOP(=O)(OCC)C1c2ccccc2CCN1c1ccc(CC)cc1. The van der Waals surface area contributed by atoms with E-state index in [0.29, 0.717) is 13.2 Å². The average molecular weight is 373 g/mol. The van der Waals surface area contributed by atoms with Gasteiger partial charge in [-0.3, -0.25) is 4.57 Å². The fraction of sp³-hybridized carbons (Fsp3) is 0.429. The van der Waals surface area contributed by atoms with Crippen LogP contribution in [-0.2, 0) is 26.5 Å². The van der Waals surface area contributed by atoms with Crippen molar-refractivity contribution >= 4 is 13.3 Å². The van der Waals surface area contributed by atoms with Gasteiger partial charge < -0.3 is 13.9 Å². The summed E-state index contributed by atoms with van der Waals surface area (Å²) >= 11 is 0. The maximum Gasteiger partial charge on any atom is 0.357 e. The molecule has 0 fully saturated rings. The molecule has 2 aromatic rings. The van der Waals surface area contributed by atoms with Gasteiger partial charge in [0.05, 0.1) is 13.2 Å². The van der Waals surface area contributed by atoms with Gasteiger partial charge >= 0.3 is 7.60 Å². The van der Waals surface area contributed by atoms with E-state index in [9.17, 15) is 4.57 Å². The molecule has 0 saturated carbocycles. The number of aryl methyl sites for hydroxylation is 1. The minimum Gasteiger partial charge on any atom is -0.353 e. The normalized spacial score (nSPS) is 17.2. The summed E-state index contributed by atoms with van der Waals surface area (Å²) < 4.78 is 25.3. The molecule has 0 radical (unpaired) electrons. The summed E-state index contributed by atoms with van der Waals surface area (Å²) in [5.74, 6) is -0.417. The van der Waals surface area contributed by atoms with E-state index >= 15 is 0 Å². The monoisotopic (exact) mass is 373 g/mol. The van der Waals surface area contributed by atoms with Crippen LogP contribution in [0, 0.1) is 0 Å². The van der Waals surface area contributed by atoms with Crippen molar-refractivity contribution in [3.63, 3.8) is 0 Å². The highest BCUT2D eigenvalue weighted by Gasteiger charge is 2.44. The van der Waals surface area contributed by atoms with Gasteiger partial charge in [-0.05, 0) is 55.5 Å². The molecule has 0 aliphatic carbocycles. The van der Waals surface area contributed by atoms with Crippen LogP contribution < -0.4 is 4.90 Å². The Bertz CT molecular complexity index is 765. The molecule has 5 heteroatoms. The van der Waals surface area contributed by atoms with Crippen molar-refractivity contribution in [2.75, 3.05) is 24.7 Å². The zero-order valence-corrected chi connectivity index (χ0v) is 16.7. The molecule has 0 N–H and O–H groups in total. The number of hydrogen-bond acceptors (Lipinski definition) is 4. The Morgan fingerprint density at radius 3 is 2.27 bits per heavy atom. The zero-order chi connectivity index (χ0) is 18.6. The van der Waals surface area contributed by atoms with Crippen LogP contribution in [0.3, 0.4) is 0 Å². The lowest BCUT2D eigenvalue weighted by Crippen LogP contribution is -2.36. The van der Waals surface area contributed by atoms with E-state index < -0.39 is 13.4 Å². The van der Waals surface area contributed by atoms with E-state index in [1.165, 1.54) is 11.1 Å². The van der Waals surface area contributed by atoms with Crippen LogP contribution in [0.2, 0.25) is 0 Å². The Kier molecular flexibility index (Phi) is 6.18. The zero-order valence-electron chi connectivity index (χ0n) is 15.9. The second-order valence-electron chi connectivity index (χ2n) is 6.41. The summed E-state index contributed by atoms with van der Waals surface area (Å²) in [4.78, 5) is 2.19. The van der Waals surface area contributed by atoms with Crippen molar-refractivity contribution < 1.29 is 13.6 Å². The predicted molar refractivity (Wildman–Crippen MR) is 107 cm³/mol. The maximum atomic E-state index is 13.8. The maximum absolute atomic E-state index is 13.8. The van der Waals surface area contributed by atoms with Crippen LogP contribution in [0.1, 0.15) is 43.2 Å². The average Bonchev–Trinajstić information content (AvgIpc) is 2.67. The molecule has 1 heterocycles. The third kappa shape index (κ3) is 3.73. The number of fused-ring (bicyclic) bond motifs is 1. The van der Waals surface area contributed by atoms with Crippen molar-refractivity contribution in [1.29, 1.82) is 0 Å². The van der Waals surface area contributed by atoms with Crippen molar-refractivity contribution in [2.24, 2.45) is 0 Å². The molecular weight excluding hydrogens is 345 g/mol. The van der Waals surface area contributed by atoms with Crippen LogP contribution in [0.5, 0.6) is 0 Å². The molecule has 140 valence electrons. The van der Waals surface area contributed by atoms with Gasteiger partial charge in [-0.1, -0.05) is 43.3 Å². The minimum absolute atomic E-state index is 0.360. The standard InChI is InChI=1S/C21H28NO3P/c1-4-17-11-13-19(14-12-17)22-16-15-18-9-7-8-10-20(18)21(22)26(23,24-5-2)25-6-3/h7-14,21H,4-6,15-16H2,1-3H3. The van der Waals surface area contributed by atoms with Gasteiger partial charge in [0.2, 0.25) is 0 Å². The molecule has 0 bridgehead atoms. The first-order chi connectivity index (χ1) is 12.6. The summed E-state index contributed by atoms with van der Waals surface area (Å²) in [6.07, 6.45) is 1.92. The van der Waals surface area contributed by atoms with Crippen LogP contribution in [-0.4, -0.2) is 19.8 Å². The van der Waals surface area contributed by atoms with Gasteiger partial charge in [0.1, 0.15) is 0 Å². The van der Waals surface area contributed by atoms with Crippen LogP contribution in [0.4, 0.5) is 5.69 Å². The fourth-order valence-corrected chi connectivity index (χ4v) is 5.88. The lowest BCUT2D eigenvalue weighted by atomic mass is 9.99. The van der Waals surface area contributed by atoms with Gasteiger partial charge in [0.25, 0.3) is 0 Å². The first-order valence-corrected chi connectivity index (χ1v) is 11.1. The molecule has 1 aliphatic rings. The van der Waals surface area contributed by atoms with E-state index in [4.69, 9.17) is 9.05 Å². The largest absolute Gasteiger partial charge is 0.357 e. The third-order valence-corrected chi connectivity index (χ3v) is 7.24. The molecular formula is C21H28NO3P. The minimum atomic E-state index is -3.34. The molecule has 0 amide bonds. The number of rotatable bonds is 7. The number of anilines is 1. The highest BCUT2D eigenvalue weighted by molar-refractivity contribution is 7.54. The molecule has 3 rings (SSSR count). The molecule has 2 aromatic carbocycles. The van der Waals surface area contributed by atoms with Crippen molar-refractivity contribution in [2.45, 2.75) is 39.4 Å². The molecule has 1 unspecified atom stereocenters. The fourth-order valence-electron chi connectivity index (χ4n) is 3.62. The summed E-state index contributed by atoms with van der Waals surface area (Å²) in [6.45, 7) is 7.38. The van der Waals surface area contributed by atoms with E-state index in [1.807, 2.05) is 26.0 Å². The van der Waals surface area contributed by atoms with Gasteiger partial charge in [-0.2, -0.15) is 0 Å². The lowest BCUT2D eigenvalue weighted by Gasteiger charge is -2.41. The Morgan fingerprint density at radius 1 is 1.00 bits per heavy atom. The molecule has 26 heavy (non-hydrogen) atoms. The molecule has 1 aliphatic heterocycles. The van der Waals surface area contributed by atoms with Gasteiger partial charge in [-0.15, -0.1) is 0 Å². The smallest absolute Gasteiger partial charge is 0.353 e. The quantitative estimate of drug-likeness (QED) is 0.594. The number of nitrogens with zero attached hydrogens (tertiary/aromatic N) is 1. The highest BCUT2D eigenvalue weighted by Crippen LogP contribution is 2.64. The molecule has 4 nitrogen and oxygen atoms in total. The second kappa shape index (κ2) is 8.39. The van der Waals surface area contributed by atoms with E-state index in [1.54, 1.807) is 0 Å². The summed E-state index contributed by atoms with van der Waals surface area (Å²) in [6, 6.07) is 16.7. The van der Waals surface area contributed by atoms with Crippen LogP contribution >= 0.6 is 7.60 Å². The summed E-state index contributed by atoms with van der Waals surface area (Å²) in [5.41, 5.74) is 4.61. The van der Waals surface area contributed by atoms with Gasteiger partial charge in [-0.25, -0.2) is 0 Å². The van der Waals surface area contributed by atoms with Crippen molar-refractivity contribution in [3.05, 3.63) is 65.2 Å². The molecule has 1 atom stereocenters. The van der Waals surface area contributed by atoms with E-state index in [2.05, 4.69) is 48.2 Å².